The molecular weight excluding hydrogens is 278 g/mol. The van der Waals surface area contributed by atoms with Gasteiger partial charge in [-0.2, -0.15) is 0 Å². The van der Waals surface area contributed by atoms with E-state index in [0.29, 0.717) is 17.0 Å². The molecule has 0 radical (unpaired) electrons. The van der Waals surface area contributed by atoms with Gasteiger partial charge in [-0.05, 0) is 36.4 Å². The number of carbonyl (C=O) groups excluding carboxylic acids is 1. The molecule has 0 aliphatic carbocycles. The van der Waals surface area contributed by atoms with Crippen molar-refractivity contribution in [2.45, 2.75) is 25.5 Å². The number of carboxylic acids is 1. The first-order valence-electron chi connectivity index (χ1n) is 6.38. The van der Waals surface area contributed by atoms with Gasteiger partial charge < -0.3 is 14.7 Å². The number of hydrogen-bond donors (Lipinski definition) is 1. The van der Waals surface area contributed by atoms with E-state index in [9.17, 15) is 9.59 Å². The molecule has 2 heterocycles. The fraction of sp³-hybridized carbons (Fsp3) is 0.429. The number of likely N-dealkylation sites (N-methyl/N-ethyl adjacent to an activating group) is 1. The zero-order valence-corrected chi connectivity index (χ0v) is 12.2. The predicted octanol–water partition coefficient (Wildman–Crippen LogP) is 2.10. The molecule has 108 valence electrons. The molecular formula is C14H17NO4S. The fourth-order valence-corrected chi connectivity index (χ4v) is 3.19. The van der Waals surface area contributed by atoms with Gasteiger partial charge in [0.25, 0.3) is 5.91 Å². The molecule has 20 heavy (non-hydrogen) atoms. The minimum absolute atomic E-state index is 0.0296. The molecule has 2 unspecified atom stereocenters. The highest BCUT2D eigenvalue weighted by molar-refractivity contribution is 7.12. The summed E-state index contributed by atoms with van der Waals surface area (Å²) in [6.45, 7) is 2.63. The summed E-state index contributed by atoms with van der Waals surface area (Å²) in [4.78, 5) is 25.3. The lowest BCUT2D eigenvalue weighted by Crippen LogP contribution is -2.40. The third kappa shape index (κ3) is 3.08. The Labute approximate surface area is 121 Å². The van der Waals surface area contributed by atoms with Gasteiger partial charge in [0.1, 0.15) is 0 Å². The normalized spacial score (nSPS) is 22.3. The highest BCUT2D eigenvalue weighted by Gasteiger charge is 2.31. The number of thiophene rings is 1. The molecule has 1 N–H and O–H groups in total. The van der Waals surface area contributed by atoms with E-state index in [4.69, 9.17) is 9.84 Å². The van der Waals surface area contributed by atoms with Crippen molar-refractivity contribution in [3.8, 4) is 0 Å². The van der Waals surface area contributed by atoms with Crippen molar-refractivity contribution >= 4 is 29.3 Å². The van der Waals surface area contributed by atoms with E-state index in [1.54, 1.807) is 23.4 Å². The first kappa shape index (κ1) is 14.7. The van der Waals surface area contributed by atoms with E-state index in [-0.39, 0.29) is 18.1 Å². The Morgan fingerprint density at radius 1 is 1.55 bits per heavy atom. The van der Waals surface area contributed by atoms with Gasteiger partial charge in [-0.1, -0.05) is 0 Å². The summed E-state index contributed by atoms with van der Waals surface area (Å²) in [5, 5.41) is 10.5. The number of hydrogen-bond acceptors (Lipinski definition) is 4. The minimum atomic E-state index is -1.03. The highest BCUT2D eigenvalue weighted by atomic mass is 32.1. The monoisotopic (exact) mass is 295 g/mol. The third-order valence-electron chi connectivity index (χ3n) is 3.45. The van der Waals surface area contributed by atoms with Crippen LogP contribution in [-0.4, -0.2) is 47.7 Å². The molecule has 2 atom stereocenters. The van der Waals surface area contributed by atoms with Crippen LogP contribution in [0.2, 0.25) is 0 Å². The first-order valence-corrected chi connectivity index (χ1v) is 7.26. The topological polar surface area (TPSA) is 66.8 Å². The van der Waals surface area contributed by atoms with Crippen molar-refractivity contribution in [1.29, 1.82) is 0 Å². The molecule has 1 aliphatic heterocycles. The molecule has 2 rings (SSSR count). The Balaban J connectivity index is 2.17. The molecule has 0 aromatic carbocycles. The second kappa shape index (κ2) is 6.19. The molecule has 1 amide bonds. The number of ether oxygens (including phenoxy) is 1. The summed E-state index contributed by atoms with van der Waals surface area (Å²) in [5.74, 6) is -1.12. The molecule has 1 saturated heterocycles. The van der Waals surface area contributed by atoms with Gasteiger partial charge in [0, 0.05) is 19.7 Å². The first-order chi connectivity index (χ1) is 9.50. The van der Waals surface area contributed by atoms with Gasteiger partial charge in [0.15, 0.2) is 0 Å². The Morgan fingerprint density at radius 3 is 2.90 bits per heavy atom. The molecule has 1 fully saturated rings. The van der Waals surface area contributed by atoms with Crippen molar-refractivity contribution in [1.82, 2.24) is 4.90 Å². The van der Waals surface area contributed by atoms with Crippen LogP contribution >= 0.6 is 11.3 Å². The molecule has 6 heteroatoms. The standard InChI is InChI=1S/C14H17NO4S/c1-9-11(5-7-19-9)15(2)14(18)13-10(6-8-20-13)3-4-12(16)17/h3-4,6,8-9,11H,5,7H2,1-2H3,(H,16,17)/b4-3+. The fourth-order valence-electron chi connectivity index (χ4n) is 2.33. The molecule has 1 aliphatic rings. The van der Waals surface area contributed by atoms with Crippen molar-refractivity contribution in [3.63, 3.8) is 0 Å². The van der Waals surface area contributed by atoms with Crippen LogP contribution in [0.15, 0.2) is 17.5 Å². The number of nitrogens with zero attached hydrogens (tertiary/aromatic N) is 1. The average Bonchev–Trinajstić information content (AvgIpc) is 3.03. The number of amides is 1. The summed E-state index contributed by atoms with van der Waals surface area (Å²) < 4.78 is 5.48. The Morgan fingerprint density at radius 2 is 2.30 bits per heavy atom. The lowest BCUT2D eigenvalue weighted by Gasteiger charge is -2.26. The van der Waals surface area contributed by atoms with Crippen LogP contribution in [0, 0.1) is 0 Å². The zero-order chi connectivity index (χ0) is 14.7. The van der Waals surface area contributed by atoms with Crippen LogP contribution in [0.5, 0.6) is 0 Å². The summed E-state index contributed by atoms with van der Waals surface area (Å²) in [7, 11) is 1.77. The Bertz CT molecular complexity index is 537. The van der Waals surface area contributed by atoms with Crippen molar-refractivity contribution in [3.05, 3.63) is 28.0 Å². The van der Waals surface area contributed by atoms with Crippen LogP contribution < -0.4 is 0 Å². The minimum Gasteiger partial charge on any atom is -0.478 e. The maximum Gasteiger partial charge on any atom is 0.328 e. The van der Waals surface area contributed by atoms with Crippen LogP contribution in [-0.2, 0) is 9.53 Å². The molecule has 5 nitrogen and oxygen atoms in total. The van der Waals surface area contributed by atoms with Crippen LogP contribution in [0.4, 0.5) is 0 Å². The van der Waals surface area contributed by atoms with Gasteiger partial charge in [0.05, 0.1) is 17.0 Å². The summed E-state index contributed by atoms with van der Waals surface area (Å²) in [6.07, 6.45) is 3.35. The smallest absolute Gasteiger partial charge is 0.328 e. The zero-order valence-electron chi connectivity index (χ0n) is 11.4. The number of carboxylic acid groups (broad SMARTS) is 1. The van der Waals surface area contributed by atoms with Gasteiger partial charge in [0.2, 0.25) is 0 Å². The van der Waals surface area contributed by atoms with Crippen molar-refractivity contribution in [2.75, 3.05) is 13.7 Å². The number of rotatable bonds is 4. The Kier molecular flexibility index (Phi) is 4.57. The van der Waals surface area contributed by atoms with Gasteiger partial charge >= 0.3 is 5.97 Å². The van der Waals surface area contributed by atoms with E-state index in [2.05, 4.69) is 0 Å². The maximum atomic E-state index is 12.5. The third-order valence-corrected chi connectivity index (χ3v) is 4.37. The van der Waals surface area contributed by atoms with E-state index in [1.165, 1.54) is 17.4 Å². The quantitative estimate of drug-likeness (QED) is 0.864. The molecule has 0 bridgehead atoms. The lowest BCUT2D eigenvalue weighted by molar-refractivity contribution is -0.131. The second-order valence-electron chi connectivity index (χ2n) is 4.72. The van der Waals surface area contributed by atoms with E-state index < -0.39 is 5.97 Å². The largest absolute Gasteiger partial charge is 0.478 e. The van der Waals surface area contributed by atoms with Gasteiger partial charge in [-0.3, -0.25) is 4.79 Å². The summed E-state index contributed by atoms with van der Waals surface area (Å²) in [6, 6.07) is 1.82. The lowest BCUT2D eigenvalue weighted by atomic mass is 10.1. The van der Waals surface area contributed by atoms with Crippen LogP contribution in [0.3, 0.4) is 0 Å². The van der Waals surface area contributed by atoms with Gasteiger partial charge in [-0.25, -0.2) is 4.79 Å². The molecule has 0 saturated carbocycles. The van der Waals surface area contributed by atoms with Crippen LogP contribution in [0.1, 0.15) is 28.6 Å². The molecule has 0 spiro atoms. The average molecular weight is 295 g/mol. The number of aliphatic carboxylic acids is 1. The predicted molar refractivity (Wildman–Crippen MR) is 76.9 cm³/mol. The highest BCUT2D eigenvalue weighted by Crippen LogP contribution is 2.24. The van der Waals surface area contributed by atoms with E-state index in [0.717, 1.165) is 12.5 Å². The second-order valence-corrected chi connectivity index (χ2v) is 5.64. The maximum absolute atomic E-state index is 12.5. The molecule has 1 aromatic rings. The molecule has 1 aromatic heterocycles. The van der Waals surface area contributed by atoms with Gasteiger partial charge in [-0.15, -0.1) is 11.3 Å². The van der Waals surface area contributed by atoms with Crippen LogP contribution in [0.25, 0.3) is 6.08 Å². The Hall–Kier alpha value is -1.66. The number of carbonyl (C=O) groups is 2. The van der Waals surface area contributed by atoms with Crippen molar-refractivity contribution in [2.24, 2.45) is 0 Å². The van der Waals surface area contributed by atoms with E-state index >= 15 is 0 Å². The summed E-state index contributed by atoms with van der Waals surface area (Å²) >= 11 is 1.32. The summed E-state index contributed by atoms with van der Waals surface area (Å²) in [5.41, 5.74) is 0.640. The van der Waals surface area contributed by atoms with E-state index in [1.807, 2.05) is 6.92 Å². The van der Waals surface area contributed by atoms with Crippen molar-refractivity contribution < 1.29 is 19.4 Å². The SMILES string of the molecule is CC1OCCC1N(C)C(=O)c1sccc1/C=C/C(=O)O.